The predicted octanol–water partition coefficient (Wildman–Crippen LogP) is 3.53. The summed E-state index contributed by atoms with van der Waals surface area (Å²) in [6.45, 7) is 4.30. The molecule has 0 saturated carbocycles. The van der Waals surface area contributed by atoms with Crippen LogP contribution in [0, 0.1) is 0 Å². The highest BCUT2D eigenvalue weighted by atomic mass is 35.5. The standard InChI is InChI=1S/C18H18ClF3N4O3/c1-2-28-16(27)14-11-23-17(24-15(14)19)26-9-7-25(8-10-26)12-3-5-13(6-4-12)29-18(20,21)22/h3-6,11H,2,7-10H2,1H3. The van der Waals surface area contributed by atoms with Gasteiger partial charge in [-0.3, -0.25) is 0 Å². The smallest absolute Gasteiger partial charge is 0.462 e. The second-order valence-corrected chi connectivity index (χ2v) is 6.47. The maximum atomic E-state index is 12.3. The largest absolute Gasteiger partial charge is 0.573 e. The van der Waals surface area contributed by atoms with E-state index in [9.17, 15) is 18.0 Å². The number of aromatic nitrogens is 2. The Bertz CT molecular complexity index is 856. The molecule has 1 aliphatic heterocycles. The average molecular weight is 431 g/mol. The van der Waals surface area contributed by atoms with E-state index in [2.05, 4.69) is 14.7 Å². The molecule has 0 radical (unpaired) electrons. The third-order valence-electron chi connectivity index (χ3n) is 4.22. The van der Waals surface area contributed by atoms with Crippen molar-refractivity contribution in [3.05, 3.63) is 41.2 Å². The molecule has 0 N–H and O–H groups in total. The number of benzene rings is 1. The number of hydrogen-bond acceptors (Lipinski definition) is 7. The van der Waals surface area contributed by atoms with E-state index in [1.165, 1.54) is 18.3 Å². The highest BCUT2D eigenvalue weighted by Crippen LogP contribution is 2.26. The molecule has 3 rings (SSSR count). The quantitative estimate of drug-likeness (QED) is 0.531. The number of carbonyl (C=O) groups excluding carboxylic acids is 1. The molecular formula is C18H18ClF3N4O3. The third-order valence-corrected chi connectivity index (χ3v) is 4.51. The molecule has 0 atom stereocenters. The lowest BCUT2D eigenvalue weighted by atomic mass is 10.2. The summed E-state index contributed by atoms with van der Waals surface area (Å²) < 4.78 is 45.5. The lowest BCUT2D eigenvalue weighted by Gasteiger charge is -2.36. The van der Waals surface area contributed by atoms with E-state index in [0.717, 1.165) is 5.69 Å². The van der Waals surface area contributed by atoms with Gasteiger partial charge in [-0.05, 0) is 31.2 Å². The first-order valence-electron chi connectivity index (χ1n) is 8.82. The molecule has 1 aromatic carbocycles. The van der Waals surface area contributed by atoms with Crippen LogP contribution in [0.2, 0.25) is 5.15 Å². The Balaban J connectivity index is 1.60. The van der Waals surface area contributed by atoms with E-state index >= 15 is 0 Å². The van der Waals surface area contributed by atoms with Gasteiger partial charge in [0, 0.05) is 38.1 Å². The van der Waals surface area contributed by atoms with Gasteiger partial charge in [-0.25, -0.2) is 14.8 Å². The number of esters is 1. The van der Waals surface area contributed by atoms with Gasteiger partial charge in [-0.2, -0.15) is 0 Å². The normalized spacial score (nSPS) is 14.7. The lowest BCUT2D eigenvalue weighted by molar-refractivity contribution is -0.274. The van der Waals surface area contributed by atoms with Gasteiger partial charge in [0.05, 0.1) is 6.61 Å². The van der Waals surface area contributed by atoms with E-state index in [0.29, 0.717) is 32.1 Å². The van der Waals surface area contributed by atoms with Gasteiger partial charge in [0.2, 0.25) is 5.95 Å². The average Bonchev–Trinajstić information content (AvgIpc) is 2.67. The fraction of sp³-hybridized carbons (Fsp3) is 0.389. The van der Waals surface area contributed by atoms with Crippen molar-refractivity contribution in [2.24, 2.45) is 0 Å². The van der Waals surface area contributed by atoms with Crippen LogP contribution in [0.5, 0.6) is 5.75 Å². The fourth-order valence-electron chi connectivity index (χ4n) is 2.87. The summed E-state index contributed by atoms with van der Waals surface area (Å²) in [5.41, 5.74) is 0.896. The van der Waals surface area contributed by atoms with Crippen LogP contribution >= 0.6 is 11.6 Å². The minimum Gasteiger partial charge on any atom is -0.462 e. The Morgan fingerprint density at radius 1 is 1.14 bits per heavy atom. The number of carbonyl (C=O) groups is 1. The van der Waals surface area contributed by atoms with Crippen molar-refractivity contribution < 1.29 is 27.4 Å². The van der Waals surface area contributed by atoms with E-state index in [1.54, 1.807) is 19.1 Å². The molecule has 1 aromatic heterocycles. The predicted molar refractivity (Wildman–Crippen MR) is 101 cm³/mol. The molecule has 0 spiro atoms. The summed E-state index contributed by atoms with van der Waals surface area (Å²) >= 11 is 6.08. The van der Waals surface area contributed by atoms with E-state index in [4.69, 9.17) is 16.3 Å². The van der Waals surface area contributed by atoms with Crippen LogP contribution in [0.3, 0.4) is 0 Å². The van der Waals surface area contributed by atoms with Gasteiger partial charge in [-0.15, -0.1) is 13.2 Å². The Kier molecular flexibility index (Phi) is 6.31. The molecule has 11 heteroatoms. The second-order valence-electron chi connectivity index (χ2n) is 6.11. The molecule has 0 bridgehead atoms. The summed E-state index contributed by atoms with van der Waals surface area (Å²) in [7, 11) is 0. The molecule has 2 aromatic rings. The van der Waals surface area contributed by atoms with Crippen LogP contribution in [-0.2, 0) is 4.74 Å². The van der Waals surface area contributed by atoms with Gasteiger partial charge >= 0.3 is 12.3 Å². The second kappa shape index (κ2) is 8.73. The Hall–Kier alpha value is -2.75. The van der Waals surface area contributed by atoms with E-state index in [-0.39, 0.29) is 23.1 Å². The Labute approximate surface area is 170 Å². The van der Waals surface area contributed by atoms with Crippen molar-refractivity contribution in [1.82, 2.24) is 9.97 Å². The Morgan fingerprint density at radius 2 is 1.76 bits per heavy atom. The molecule has 156 valence electrons. The van der Waals surface area contributed by atoms with Gasteiger partial charge in [0.15, 0.2) is 0 Å². The fourth-order valence-corrected chi connectivity index (χ4v) is 3.08. The minimum absolute atomic E-state index is 0.0242. The van der Waals surface area contributed by atoms with Crippen LogP contribution in [-0.4, -0.2) is 55.1 Å². The van der Waals surface area contributed by atoms with Crippen molar-refractivity contribution in [3.63, 3.8) is 0 Å². The molecule has 0 unspecified atom stereocenters. The maximum absolute atomic E-state index is 12.3. The SMILES string of the molecule is CCOC(=O)c1cnc(N2CCN(c3ccc(OC(F)(F)F)cc3)CC2)nc1Cl. The molecule has 1 aliphatic rings. The molecule has 7 nitrogen and oxygen atoms in total. The molecule has 0 aliphatic carbocycles. The van der Waals surface area contributed by atoms with Crippen molar-refractivity contribution in [1.29, 1.82) is 0 Å². The number of anilines is 2. The van der Waals surface area contributed by atoms with Crippen LogP contribution in [0.1, 0.15) is 17.3 Å². The van der Waals surface area contributed by atoms with Crippen molar-refractivity contribution in [2.75, 3.05) is 42.6 Å². The zero-order valence-corrected chi connectivity index (χ0v) is 16.2. The van der Waals surface area contributed by atoms with Gasteiger partial charge in [-0.1, -0.05) is 11.6 Å². The molecule has 1 saturated heterocycles. The number of halogens is 4. The summed E-state index contributed by atoms with van der Waals surface area (Å²) in [6, 6.07) is 5.73. The van der Waals surface area contributed by atoms with Crippen molar-refractivity contribution in [3.8, 4) is 5.75 Å². The first kappa shape index (κ1) is 21.0. The van der Waals surface area contributed by atoms with Crippen LogP contribution in [0.25, 0.3) is 0 Å². The van der Waals surface area contributed by atoms with Crippen molar-refractivity contribution >= 4 is 29.2 Å². The molecule has 1 fully saturated rings. The first-order chi connectivity index (χ1) is 13.8. The van der Waals surface area contributed by atoms with Gasteiger partial charge in [0.25, 0.3) is 0 Å². The summed E-state index contributed by atoms with van der Waals surface area (Å²) in [5.74, 6) is -0.437. The Morgan fingerprint density at radius 3 is 2.31 bits per heavy atom. The highest BCUT2D eigenvalue weighted by Gasteiger charge is 2.31. The molecule has 2 heterocycles. The maximum Gasteiger partial charge on any atom is 0.573 e. The number of nitrogens with zero attached hydrogens (tertiary/aromatic N) is 4. The highest BCUT2D eigenvalue weighted by molar-refractivity contribution is 6.32. The number of alkyl halides is 3. The lowest BCUT2D eigenvalue weighted by Crippen LogP contribution is -2.47. The van der Waals surface area contributed by atoms with E-state index in [1.807, 2.05) is 9.80 Å². The van der Waals surface area contributed by atoms with Gasteiger partial charge < -0.3 is 19.3 Å². The van der Waals surface area contributed by atoms with Crippen LogP contribution < -0.4 is 14.5 Å². The zero-order valence-electron chi connectivity index (χ0n) is 15.4. The van der Waals surface area contributed by atoms with E-state index < -0.39 is 12.3 Å². The van der Waals surface area contributed by atoms with Crippen molar-refractivity contribution in [2.45, 2.75) is 13.3 Å². The zero-order chi connectivity index (χ0) is 21.0. The minimum atomic E-state index is -4.71. The topological polar surface area (TPSA) is 67.8 Å². The number of rotatable bonds is 5. The van der Waals surface area contributed by atoms with Gasteiger partial charge in [0.1, 0.15) is 16.5 Å². The monoisotopic (exact) mass is 430 g/mol. The van der Waals surface area contributed by atoms with Crippen LogP contribution in [0.4, 0.5) is 24.8 Å². The molecule has 0 amide bonds. The number of hydrogen-bond donors (Lipinski definition) is 0. The first-order valence-corrected chi connectivity index (χ1v) is 9.20. The summed E-state index contributed by atoms with van der Waals surface area (Å²) in [4.78, 5) is 24.1. The molecular weight excluding hydrogens is 413 g/mol. The molecule has 29 heavy (non-hydrogen) atoms. The van der Waals surface area contributed by atoms with Crippen LogP contribution in [0.15, 0.2) is 30.5 Å². The third kappa shape index (κ3) is 5.41. The number of ether oxygens (including phenoxy) is 2. The number of piperazine rings is 1. The summed E-state index contributed by atoms with van der Waals surface area (Å²) in [5, 5.41) is 0.0242. The summed E-state index contributed by atoms with van der Waals surface area (Å²) in [6.07, 6.45) is -3.37.